The van der Waals surface area contributed by atoms with Gasteiger partial charge in [0.05, 0.1) is 0 Å². The van der Waals surface area contributed by atoms with Gasteiger partial charge in [-0.25, -0.2) is 9.18 Å². The highest BCUT2D eigenvalue weighted by molar-refractivity contribution is 5.98. The number of carbonyl (C=O) groups is 3. The van der Waals surface area contributed by atoms with Crippen molar-refractivity contribution >= 4 is 17.8 Å². The Balaban J connectivity index is 2.31. The Kier molecular flexibility index (Phi) is 4.18. The number of nitrogens with one attached hydrogen (secondary N) is 1. The second-order valence-corrected chi connectivity index (χ2v) is 4.56. The Morgan fingerprint density at radius 3 is 2.29 bits per heavy atom. The lowest BCUT2D eigenvalue weighted by atomic mass is 10.0. The van der Waals surface area contributed by atoms with Crippen LogP contribution in [0, 0.1) is 5.82 Å². The topological polar surface area (TPSA) is 107 Å². The molecule has 0 bridgehead atoms. The zero-order valence-corrected chi connectivity index (χ0v) is 10.8. The number of amides is 1. The van der Waals surface area contributed by atoms with Gasteiger partial charge in [0.2, 0.25) is 0 Å². The second-order valence-electron chi connectivity index (χ2n) is 4.56. The van der Waals surface area contributed by atoms with Crippen LogP contribution in [0.1, 0.15) is 10.4 Å². The van der Waals surface area contributed by atoms with Crippen molar-refractivity contribution < 1.29 is 29.0 Å². The van der Waals surface area contributed by atoms with Gasteiger partial charge in [-0.3, -0.25) is 9.59 Å². The fraction of sp³-hybridized carbons (Fsp3) is 0.308. The Morgan fingerprint density at radius 1 is 1.14 bits per heavy atom. The van der Waals surface area contributed by atoms with Gasteiger partial charge in [-0.2, -0.15) is 0 Å². The highest BCUT2D eigenvalue weighted by Crippen LogP contribution is 2.15. The van der Waals surface area contributed by atoms with Crippen molar-refractivity contribution in [3.05, 3.63) is 35.6 Å². The third-order valence-corrected chi connectivity index (χ3v) is 3.24. The summed E-state index contributed by atoms with van der Waals surface area (Å²) in [5.41, 5.74) is 0.105. The summed E-state index contributed by atoms with van der Waals surface area (Å²) in [7, 11) is 0. The zero-order valence-electron chi connectivity index (χ0n) is 10.8. The second kappa shape index (κ2) is 5.88. The summed E-state index contributed by atoms with van der Waals surface area (Å²) in [4.78, 5) is 35.7. The van der Waals surface area contributed by atoms with E-state index >= 15 is 0 Å². The standard InChI is InChI=1S/C13H13FN2O5/c14-8-3-1-7(2-4-8)11(17)16-6-5-15-9(12(18)19)10(16)13(20)21/h1-4,9-10,15H,5-6H2,(H,18,19)(H,20,21). The van der Waals surface area contributed by atoms with E-state index in [1.807, 2.05) is 0 Å². The van der Waals surface area contributed by atoms with Crippen molar-refractivity contribution in [1.29, 1.82) is 0 Å². The largest absolute Gasteiger partial charge is 0.480 e. The molecule has 0 saturated carbocycles. The first-order valence-electron chi connectivity index (χ1n) is 6.17. The first-order valence-corrected chi connectivity index (χ1v) is 6.17. The predicted octanol–water partition coefficient (Wildman–Crippen LogP) is -0.222. The smallest absolute Gasteiger partial charge is 0.328 e. The summed E-state index contributed by atoms with van der Waals surface area (Å²) in [6, 6.07) is 1.72. The molecular formula is C13H13FN2O5. The molecule has 1 amide bonds. The number of carboxylic acid groups (broad SMARTS) is 2. The first-order chi connectivity index (χ1) is 9.91. The summed E-state index contributed by atoms with van der Waals surface area (Å²) >= 11 is 0. The monoisotopic (exact) mass is 296 g/mol. The van der Waals surface area contributed by atoms with Crippen LogP contribution in [0.3, 0.4) is 0 Å². The Labute approximate surface area is 119 Å². The minimum Gasteiger partial charge on any atom is -0.480 e. The highest BCUT2D eigenvalue weighted by Gasteiger charge is 2.43. The minimum atomic E-state index is -1.52. The number of nitrogens with zero attached hydrogens (tertiary/aromatic N) is 1. The molecule has 1 saturated heterocycles. The van der Waals surface area contributed by atoms with Crippen LogP contribution in [-0.2, 0) is 9.59 Å². The van der Waals surface area contributed by atoms with E-state index in [0.717, 1.165) is 17.0 Å². The third-order valence-electron chi connectivity index (χ3n) is 3.24. The Morgan fingerprint density at radius 2 is 1.76 bits per heavy atom. The van der Waals surface area contributed by atoms with E-state index < -0.39 is 35.7 Å². The number of carboxylic acids is 2. The Hall–Kier alpha value is -2.48. The van der Waals surface area contributed by atoms with Crippen molar-refractivity contribution in [2.45, 2.75) is 12.1 Å². The molecule has 8 heteroatoms. The maximum atomic E-state index is 12.9. The molecule has 1 heterocycles. The summed E-state index contributed by atoms with van der Waals surface area (Å²) in [6.45, 7) is 0.213. The molecule has 7 nitrogen and oxygen atoms in total. The number of benzene rings is 1. The van der Waals surface area contributed by atoms with Crippen LogP contribution in [0.2, 0.25) is 0 Å². The summed E-state index contributed by atoms with van der Waals surface area (Å²) < 4.78 is 12.9. The lowest BCUT2D eigenvalue weighted by Gasteiger charge is -2.37. The number of hydrogen-bond acceptors (Lipinski definition) is 4. The van der Waals surface area contributed by atoms with Gasteiger partial charge in [-0.1, -0.05) is 0 Å². The third kappa shape index (κ3) is 3.00. The van der Waals surface area contributed by atoms with Crippen molar-refractivity contribution in [2.75, 3.05) is 13.1 Å². The van der Waals surface area contributed by atoms with Gasteiger partial charge in [0.25, 0.3) is 5.91 Å². The molecule has 112 valence electrons. The fourth-order valence-electron chi connectivity index (χ4n) is 2.26. The molecule has 1 fully saturated rings. The minimum absolute atomic E-state index is 0.0525. The van der Waals surface area contributed by atoms with Gasteiger partial charge in [0.1, 0.15) is 11.9 Å². The molecule has 0 aromatic heterocycles. The SMILES string of the molecule is O=C(O)C1NCCN(C(=O)c2ccc(F)cc2)C1C(=O)O. The highest BCUT2D eigenvalue weighted by atomic mass is 19.1. The number of carbonyl (C=O) groups excluding carboxylic acids is 1. The molecule has 0 spiro atoms. The van der Waals surface area contributed by atoms with Crippen LogP contribution >= 0.6 is 0 Å². The van der Waals surface area contributed by atoms with E-state index in [1.165, 1.54) is 12.1 Å². The van der Waals surface area contributed by atoms with Crippen LogP contribution < -0.4 is 5.32 Å². The van der Waals surface area contributed by atoms with Crippen LogP contribution in [0.25, 0.3) is 0 Å². The molecule has 1 aromatic carbocycles. The molecule has 2 atom stereocenters. The summed E-state index contributed by atoms with van der Waals surface area (Å²) in [5, 5.41) is 20.8. The van der Waals surface area contributed by atoms with Crippen LogP contribution in [0.5, 0.6) is 0 Å². The van der Waals surface area contributed by atoms with Gasteiger partial charge >= 0.3 is 11.9 Å². The molecule has 0 aliphatic carbocycles. The summed E-state index contributed by atoms with van der Waals surface area (Å²) in [6.07, 6.45) is 0. The molecular weight excluding hydrogens is 283 g/mol. The molecule has 3 N–H and O–H groups in total. The van der Waals surface area contributed by atoms with Gasteiger partial charge < -0.3 is 20.4 Å². The fourth-order valence-corrected chi connectivity index (χ4v) is 2.26. The maximum Gasteiger partial charge on any atom is 0.328 e. The van der Waals surface area contributed by atoms with E-state index in [4.69, 9.17) is 5.11 Å². The Bertz CT molecular complexity index is 574. The zero-order chi connectivity index (χ0) is 15.6. The van der Waals surface area contributed by atoms with Gasteiger partial charge in [-0.05, 0) is 24.3 Å². The molecule has 21 heavy (non-hydrogen) atoms. The van der Waals surface area contributed by atoms with Gasteiger partial charge in [0, 0.05) is 18.7 Å². The number of halogens is 1. The van der Waals surface area contributed by atoms with E-state index in [2.05, 4.69) is 5.32 Å². The van der Waals surface area contributed by atoms with Crippen molar-refractivity contribution in [3.8, 4) is 0 Å². The van der Waals surface area contributed by atoms with E-state index in [0.29, 0.717) is 0 Å². The average Bonchev–Trinajstić information content (AvgIpc) is 2.46. The number of hydrogen-bond donors (Lipinski definition) is 3. The molecule has 2 unspecified atom stereocenters. The maximum absolute atomic E-state index is 12.9. The first kappa shape index (κ1) is 14.9. The van der Waals surface area contributed by atoms with Crippen molar-refractivity contribution in [1.82, 2.24) is 10.2 Å². The van der Waals surface area contributed by atoms with Crippen LogP contribution in [-0.4, -0.2) is 58.1 Å². The predicted molar refractivity (Wildman–Crippen MR) is 68.3 cm³/mol. The van der Waals surface area contributed by atoms with Crippen molar-refractivity contribution in [3.63, 3.8) is 0 Å². The summed E-state index contributed by atoms with van der Waals surface area (Å²) in [5.74, 6) is -3.93. The van der Waals surface area contributed by atoms with Gasteiger partial charge in [-0.15, -0.1) is 0 Å². The molecule has 1 aliphatic rings. The number of aliphatic carboxylic acids is 2. The molecule has 0 radical (unpaired) electrons. The molecule has 2 rings (SSSR count). The molecule has 1 aromatic rings. The normalized spacial score (nSPS) is 21.9. The van der Waals surface area contributed by atoms with E-state index in [9.17, 15) is 23.9 Å². The van der Waals surface area contributed by atoms with Crippen LogP contribution in [0.4, 0.5) is 4.39 Å². The lowest BCUT2D eigenvalue weighted by molar-refractivity contribution is -0.152. The number of piperazine rings is 1. The van der Waals surface area contributed by atoms with Crippen LogP contribution in [0.15, 0.2) is 24.3 Å². The quantitative estimate of drug-likeness (QED) is 0.712. The lowest BCUT2D eigenvalue weighted by Crippen LogP contribution is -2.65. The van der Waals surface area contributed by atoms with E-state index in [-0.39, 0.29) is 18.7 Å². The van der Waals surface area contributed by atoms with Gasteiger partial charge in [0.15, 0.2) is 6.04 Å². The van der Waals surface area contributed by atoms with E-state index in [1.54, 1.807) is 0 Å². The number of rotatable bonds is 3. The van der Waals surface area contributed by atoms with Crippen molar-refractivity contribution in [2.24, 2.45) is 0 Å². The molecule has 1 aliphatic heterocycles. The average molecular weight is 296 g/mol.